The highest BCUT2D eigenvalue weighted by molar-refractivity contribution is 4.89. The number of ether oxygens (including phenoxy) is 1. The second-order valence-corrected chi connectivity index (χ2v) is 3.85. The third-order valence-electron chi connectivity index (χ3n) is 2.59. The van der Waals surface area contributed by atoms with E-state index in [2.05, 4.69) is 30.1 Å². The Morgan fingerprint density at radius 2 is 2.12 bits per heavy atom. The first-order valence-electron chi connectivity index (χ1n) is 6.12. The highest BCUT2D eigenvalue weighted by Crippen LogP contribution is 1.96. The van der Waals surface area contributed by atoms with E-state index in [0.29, 0.717) is 0 Å². The molecular weight excluding hydrogens is 202 g/mol. The number of nitrogens with zero attached hydrogens (tertiary/aromatic N) is 2. The maximum atomic E-state index is 8.96. The fourth-order valence-corrected chi connectivity index (χ4v) is 1.49. The Morgan fingerprint density at radius 1 is 1.38 bits per heavy atom. The summed E-state index contributed by atoms with van der Waals surface area (Å²) < 4.78 is 5.05. The maximum absolute atomic E-state index is 8.96. The molecule has 0 rings (SSSR count). The van der Waals surface area contributed by atoms with Gasteiger partial charge >= 0.3 is 0 Å². The van der Waals surface area contributed by atoms with Crippen molar-refractivity contribution < 1.29 is 4.74 Å². The van der Waals surface area contributed by atoms with E-state index in [1.165, 1.54) is 0 Å². The minimum atomic E-state index is -0.0171. The second-order valence-electron chi connectivity index (χ2n) is 3.85. The zero-order valence-electron chi connectivity index (χ0n) is 10.8. The summed E-state index contributed by atoms with van der Waals surface area (Å²) in [5.41, 5.74) is 0. The first-order chi connectivity index (χ1) is 7.78. The summed E-state index contributed by atoms with van der Waals surface area (Å²) in [4.78, 5) is 2.31. The van der Waals surface area contributed by atoms with Crippen LogP contribution in [0.5, 0.6) is 0 Å². The Hall–Kier alpha value is -0.630. The summed E-state index contributed by atoms with van der Waals surface area (Å²) >= 11 is 0. The molecule has 0 radical (unpaired) electrons. The first-order valence-corrected chi connectivity index (χ1v) is 6.12. The Morgan fingerprint density at radius 3 is 2.62 bits per heavy atom. The lowest BCUT2D eigenvalue weighted by atomic mass is 10.2. The van der Waals surface area contributed by atoms with Gasteiger partial charge in [0.1, 0.15) is 0 Å². The second kappa shape index (κ2) is 10.9. The van der Waals surface area contributed by atoms with Gasteiger partial charge in [0.25, 0.3) is 0 Å². The Balaban J connectivity index is 3.75. The van der Waals surface area contributed by atoms with Gasteiger partial charge in [-0.05, 0) is 25.9 Å². The molecule has 0 aliphatic rings. The minimum Gasteiger partial charge on any atom is -0.383 e. The van der Waals surface area contributed by atoms with Gasteiger partial charge in [-0.15, -0.1) is 0 Å². The molecule has 0 amide bonds. The normalized spacial score (nSPS) is 12.7. The van der Waals surface area contributed by atoms with Gasteiger partial charge in [0.2, 0.25) is 0 Å². The van der Waals surface area contributed by atoms with Crippen molar-refractivity contribution in [3.63, 3.8) is 0 Å². The van der Waals surface area contributed by atoms with Crippen molar-refractivity contribution in [3.8, 4) is 6.07 Å². The number of rotatable bonds is 10. The molecular formula is C12H25N3O. The van der Waals surface area contributed by atoms with Crippen LogP contribution < -0.4 is 5.32 Å². The van der Waals surface area contributed by atoms with Gasteiger partial charge in [0.15, 0.2) is 0 Å². The van der Waals surface area contributed by atoms with E-state index in [-0.39, 0.29) is 6.04 Å². The summed E-state index contributed by atoms with van der Waals surface area (Å²) in [7, 11) is 1.72. The average Bonchev–Trinajstić information content (AvgIpc) is 2.33. The quantitative estimate of drug-likeness (QED) is 0.610. The lowest BCUT2D eigenvalue weighted by Crippen LogP contribution is -2.35. The van der Waals surface area contributed by atoms with Gasteiger partial charge in [0, 0.05) is 20.2 Å². The summed E-state index contributed by atoms with van der Waals surface area (Å²) in [6, 6.07) is 2.29. The molecule has 0 aromatic carbocycles. The number of nitrogens with one attached hydrogen (secondary N) is 1. The molecule has 16 heavy (non-hydrogen) atoms. The molecule has 1 unspecified atom stereocenters. The fraction of sp³-hybridized carbons (Fsp3) is 0.917. The van der Waals surface area contributed by atoms with Crippen molar-refractivity contribution in [2.45, 2.75) is 32.7 Å². The molecule has 0 aromatic rings. The van der Waals surface area contributed by atoms with Gasteiger partial charge < -0.3 is 15.0 Å². The lowest BCUT2D eigenvalue weighted by Gasteiger charge is -2.21. The van der Waals surface area contributed by atoms with Crippen LogP contribution in [0.2, 0.25) is 0 Å². The summed E-state index contributed by atoms with van der Waals surface area (Å²) in [5.74, 6) is 0. The third-order valence-corrected chi connectivity index (χ3v) is 2.59. The number of hydrogen-bond donors (Lipinski definition) is 1. The molecule has 1 N–H and O–H groups in total. The highest BCUT2D eigenvalue weighted by Gasteiger charge is 2.08. The van der Waals surface area contributed by atoms with Gasteiger partial charge in [-0.1, -0.05) is 13.8 Å². The smallest absolute Gasteiger partial charge is 0.0965 e. The minimum absolute atomic E-state index is 0.0171. The van der Waals surface area contributed by atoms with E-state index in [4.69, 9.17) is 10.00 Å². The van der Waals surface area contributed by atoms with Crippen LogP contribution in [-0.4, -0.2) is 50.8 Å². The number of hydrogen-bond acceptors (Lipinski definition) is 4. The van der Waals surface area contributed by atoms with Crippen LogP contribution in [0.15, 0.2) is 0 Å². The molecule has 4 nitrogen and oxygen atoms in total. The highest BCUT2D eigenvalue weighted by atomic mass is 16.5. The topological polar surface area (TPSA) is 48.3 Å². The fourth-order valence-electron chi connectivity index (χ4n) is 1.49. The molecule has 0 heterocycles. The molecule has 0 saturated heterocycles. The van der Waals surface area contributed by atoms with Gasteiger partial charge in [0.05, 0.1) is 18.7 Å². The maximum Gasteiger partial charge on any atom is 0.0965 e. The summed E-state index contributed by atoms with van der Waals surface area (Å²) in [6.07, 6.45) is 1.95. The molecule has 0 bridgehead atoms. The van der Waals surface area contributed by atoms with Crippen molar-refractivity contribution in [3.05, 3.63) is 0 Å². The summed E-state index contributed by atoms with van der Waals surface area (Å²) in [6.45, 7) is 8.83. The van der Waals surface area contributed by atoms with Crippen molar-refractivity contribution in [1.29, 1.82) is 5.26 Å². The molecule has 0 spiro atoms. The van der Waals surface area contributed by atoms with Gasteiger partial charge in [-0.2, -0.15) is 5.26 Å². The average molecular weight is 227 g/mol. The van der Waals surface area contributed by atoms with Crippen molar-refractivity contribution >= 4 is 0 Å². The SMILES string of the molecule is CCCNC(C#N)CCN(CC)CCOC. The monoisotopic (exact) mass is 227 g/mol. The molecule has 0 aliphatic carbocycles. The van der Waals surface area contributed by atoms with Crippen molar-refractivity contribution in [1.82, 2.24) is 10.2 Å². The molecule has 1 atom stereocenters. The Bertz CT molecular complexity index is 191. The Kier molecular flexibility index (Phi) is 10.4. The van der Waals surface area contributed by atoms with Crippen LogP contribution in [-0.2, 0) is 4.74 Å². The molecule has 0 fully saturated rings. The number of likely N-dealkylation sites (N-methyl/N-ethyl adjacent to an activating group) is 1. The van der Waals surface area contributed by atoms with Crippen LogP contribution >= 0.6 is 0 Å². The molecule has 94 valence electrons. The van der Waals surface area contributed by atoms with Crippen LogP contribution in [0.25, 0.3) is 0 Å². The molecule has 4 heteroatoms. The predicted octanol–water partition coefficient (Wildman–Crippen LogP) is 1.24. The Labute approximate surface area is 99.6 Å². The summed E-state index contributed by atoms with van der Waals surface area (Å²) in [5, 5.41) is 12.2. The van der Waals surface area contributed by atoms with E-state index in [1.54, 1.807) is 7.11 Å². The van der Waals surface area contributed by atoms with Crippen LogP contribution in [0.1, 0.15) is 26.7 Å². The van der Waals surface area contributed by atoms with E-state index in [1.807, 2.05) is 0 Å². The van der Waals surface area contributed by atoms with Crippen LogP contribution in [0.4, 0.5) is 0 Å². The largest absolute Gasteiger partial charge is 0.383 e. The van der Waals surface area contributed by atoms with E-state index >= 15 is 0 Å². The molecule has 0 aromatic heterocycles. The zero-order valence-corrected chi connectivity index (χ0v) is 10.8. The van der Waals surface area contributed by atoms with Crippen molar-refractivity contribution in [2.24, 2.45) is 0 Å². The zero-order chi connectivity index (χ0) is 12.2. The first kappa shape index (κ1) is 15.4. The molecule has 0 aliphatic heterocycles. The van der Waals surface area contributed by atoms with E-state index < -0.39 is 0 Å². The van der Waals surface area contributed by atoms with Crippen LogP contribution in [0, 0.1) is 11.3 Å². The number of nitriles is 1. The number of methoxy groups -OCH3 is 1. The van der Waals surface area contributed by atoms with E-state index in [0.717, 1.165) is 45.6 Å². The van der Waals surface area contributed by atoms with Crippen LogP contribution in [0.3, 0.4) is 0 Å². The third kappa shape index (κ3) is 7.63. The van der Waals surface area contributed by atoms with E-state index in [9.17, 15) is 0 Å². The lowest BCUT2D eigenvalue weighted by molar-refractivity contribution is 0.149. The van der Waals surface area contributed by atoms with Crippen molar-refractivity contribution in [2.75, 3.05) is 39.9 Å². The molecule has 0 saturated carbocycles. The predicted molar refractivity (Wildman–Crippen MR) is 66.3 cm³/mol. The van der Waals surface area contributed by atoms with Gasteiger partial charge in [-0.3, -0.25) is 0 Å². The standard InChI is InChI=1S/C12H25N3O/c1-4-7-14-12(11-13)6-8-15(5-2)9-10-16-3/h12,14H,4-10H2,1-3H3. The van der Waals surface area contributed by atoms with Gasteiger partial charge in [-0.25, -0.2) is 0 Å².